The molecule has 6 heteroatoms. The number of hydrogen-bond donors (Lipinski definition) is 2. The molecule has 0 saturated heterocycles. The number of hydrogen-bond acceptors (Lipinski definition) is 4. The Hall–Kier alpha value is -2.47. The molecule has 3 aromatic rings. The Morgan fingerprint density at radius 1 is 1.23 bits per heavy atom. The summed E-state index contributed by atoms with van der Waals surface area (Å²) in [5.41, 5.74) is 1.87. The number of ether oxygens (including phenoxy) is 1. The van der Waals surface area contributed by atoms with Gasteiger partial charge in [-0.2, -0.15) is 5.10 Å². The molecule has 1 aromatic heterocycles. The molecule has 2 N–H and O–H groups in total. The average molecular weight is 314 g/mol. The van der Waals surface area contributed by atoms with Gasteiger partial charge in [0.25, 0.3) is 0 Å². The summed E-state index contributed by atoms with van der Waals surface area (Å²) < 4.78 is 5.22. The van der Waals surface area contributed by atoms with E-state index in [-0.39, 0.29) is 5.75 Å². The van der Waals surface area contributed by atoms with Gasteiger partial charge in [-0.15, -0.1) is 0 Å². The van der Waals surface area contributed by atoms with Crippen LogP contribution < -0.4 is 4.74 Å². The maximum Gasteiger partial charge on any atom is 0.313 e. The Morgan fingerprint density at radius 3 is 2.77 bits per heavy atom. The Morgan fingerprint density at radius 2 is 2.00 bits per heavy atom. The highest BCUT2D eigenvalue weighted by atomic mass is 32.2. The van der Waals surface area contributed by atoms with E-state index in [0.29, 0.717) is 5.03 Å². The third-order valence-corrected chi connectivity index (χ3v) is 4.15. The molecule has 0 unspecified atom stereocenters. The fourth-order valence-electron chi connectivity index (χ4n) is 2.18. The van der Waals surface area contributed by atoms with Gasteiger partial charge in [0.2, 0.25) is 0 Å². The summed E-state index contributed by atoms with van der Waals surface area (Å²) in [6, 6.07) is 13.9. The molecule has 1 heterocycles. The first kappa shape index (κ1) is 14.5. The molecule has 2 aromatic carbocycles. The van der Waals surface area contributed by atoms with Crippen LogP contribution in [0.25, 0.3) is 22.0 Å². The minimum atomic E-state index is -0.853. The molecule has 0 saturated carbocycles. The number of nitrogens with zero attached hydrogens (tertiary/aromatic N) is 1. The van der Waals surface area contributed by atoms with E-state index in [1.165, 1.54) is 11.8 Å². The van der Waals surface area contributed by atoms with E-state index in [0.717, 1.165) is 27.8 Å². The highest BCUT2D eigenvalue weighted by molar-refractivity contribution is 7.99. The smallest absolute Gasteiger partial charge is 0.313 e. The van der Waals surface area contributed by atoms with Gasteiger partial charge in [0.05, 0.1) is 18.6 Å². The van der Waals surface area contributed by atoms with Crippen LogP contribution in [-0.2, 0) is 4.79 Å². The number of carboxylic acids is 1. The quantitative estimate of drug-likeness (QED) is 0.706. The highest BCUT2D eigenvalue weighted by Gasteiger charge is 2.07. The van der Waals surface area contributed by atoms with Gasteiger partial charge in [0.1, 0.15) is 10.8 Å². The number of aliphatic carboxylic acids is 1. The van der Waals surface area contributed by atoms with Gasteiger partial charge in [-0.1, -0.05) is 30.0 Å². The second-order valence-corrected chi connectivity index (χ2v) is 5.73. The summed E-state index contributed by atoms with van der Waals surface area (Å²) >= 11 is 1.19. The number of nitrogens with one attached hydrogen (secondary N) is 1. The maximum absolute atomic E-state index is 10.6. The maximum atomic E-state index is 10.6. The van der Waals surface area contributed by atoms with Crippen molar-refractivity contribution in [2.75, 3.05) is 12.9 Å². The van der Waals surface area contributed by atoms with E-state index in [1.807, 2.05) is 36.4 Å². The number of H-pyrrole nitrogens is 1. The molecule has 0 fully saturated rings. The van der Waals surface area contributed by atoms with Crippen molar-refractivity contribution >= 4 is 28.5 Å². The first-order chi connectivity index (χ1) is 10.7. The molecule has 0 aliphatic carbocycles. The lowest BCUT2D eigenvalue weighted by atomic mass is 10.0. The Bertz CT molecular complexity index is 829. The van der Waals surface area contributed by atoms with E-state index in [4.69, 9.17) is 9.84 Å². The largest absolute Gasteiger partial charge is 0.497 e. The average Bonchev–Trinajstić information content (AvgIpc) is 3.01. The lowest BCUT2D eigenvalue weighted by Crippen LogP contribution is -1.97. The third kappa shape index (κ3) is 3.07. The fourth-order valence-corrected chi connectivity index (χ4v) is 2.76. The van der Waals surface area contributed by atoms with Crippen LogP contribution in [0.3, 0.4) is 0 Å². The van der Waals surface area contributed by atoms with Gasteiger partial charge in [0, 0.05) is 5.56 Å². The van der Waals surface area contributed by atoms with Gasteiger partial charge in [-0.25, -0.2) is 0 Å². The number of aromatic nitrogens is 2. The normalized spacial score (nSPS) is 10.8. The Balaban J connectivity index is 1.88. The molecule has 0 atom stereocenters. The van der Waals surface area contributed by atoms with Crippen molar-refractivity contribution in [3.8, 4) is 17.0 Å². The van der Waals surface area contributed by atoms with Crippen LogP contribution in [0.5, 0.6) is 5.75 Å². The molecular formula is C16H14N2O3S. The lowest BCUT2D eigenvalue weighted by molar-refractivity contribution is -0.133. The topological polar surface area (TPSA) is 75.2 Å². The van der Waals surface area contributed by atoms with Crippen LogP contribution >= 0.6 is 11.8 Å². The van der Waals surface area contributed by atoms with Crippen molar-refractivity contribution < 1.29 is 14.6 Å². The first-order valence-electron chi connectivity index (χ1n) is 6.64. The summed E-state index contributed by atoms with van der Waals surface area (Å²) in [5.74, 6) is -0.0229. The number of carbonyl (C=O) groups is 1. The predicted octanol–water partition coefficient (Wildman–Crippen LogP) is 3.42. The van der Waals surface area contributed by atoms with Gasteiger partial charge >= 0.3 is 5.97 Å². The van der Waals surface area contributed by atoms with Crippen LogP contribution in [0.1, 0.15) is 0 Å². The minimum Gasteiger partial charge on any atom is -0.497 e. The summed E-state index contributed by atoms with van der Waals surface area (Å²) in [6.45, 7) is 0. The Labute approximate surface area is 131 Å². The number of benzene rings is 2. The SMILES string of the molecule is COc1ccc2cc(-c3cc(SCC(=O)O)n[nH]3)ccc2c1. The standard InChI is InChI=1S/C16H14N2O3S/c1-21-13-5-4-10-6-12(3-2-11(10)7-13)14-8-15(18-17-14)22-9-16(19)20/h2-8H,9H2,1H3,(H,17,18)(H,19,20). The second kappa shape index (κ2) is 6.11. The third-order valence-electron chi connectivity index (χ3n) is 3.26. The van der Waals surface area contributed by atoms with Crippen molar-refractivity contribution in [3.63, 3.8) is 0 Å². The van der Waals surface area contributed by atoms with Crippen LogP contribution in [0.15, 0.2) is 47.5 Å². The monoisotopic (exact) mass is 314 g/mol. The molecule has 0 aliphatic rings. The molecule has 112 valence electrons. The van der Waals surface area contributed by atoms with Gasteiger partial charge < -0.3 is 9.84 Å². The summed E-state index contributed by atoms with van der Waals surface area (Å²) in [5, 5.41) is 18.6. The zero-order valence-corrected chi connectivity index (χ0v) is 12.7. The van der Waals surface area contributed by atoms with Crippen molar-refractivity contribution in [2.45, 2.75) is 5.03 Å². The molecule has 0 radical (unpaired) electrons. The van der Waals surface area contributed by atoms with E-state index in [1.54, 1.807) is 7.11 Å². The Kier molecular flexibility index (Phi) is 4.02. The van der Waals surface area contributed by atoms with Crippen molar-refractivity contribution in [3.05, 3.63) is 42.5 Å². The van der Waals surface area contributed by atoms with Gasteiger partial charge in [-0.3, -0.25) is 9.89 Å². The van der Waals surface area contributed by atoms with Crippen molar-refractivity contribution in [1.82, 2.24) is 10.2 Å². The molecule has 3 rings (SSSR count). The number of carboxylic acid groups (broad SMARTS) is 1. The van der Waals surface area contributed by atoms with Crippen LogP contribution in [0.2, 0.25) is 0 Å². The summed E-state index contributed by atoms with van der Waals surface area (Å²) in [6.07, 6.45) is 0. The number of rotatable bonds is 5. The second-order valence-electron chi connectivity index (χ2n) is 4.73. The first-order valence-corrected chi connectivity index (χ1v) is 7.62. The molecule has 5 nitrogen and oxygen atoms in total. The summed E-state index contributed by atoms with van der Waals surface area (Å²) in [7, 11) is 1.65. The van der Waals surface area contributed by atoms with E-state index in [2.05, 4.69) is 16.3 Å². The van der Waals surface area contributed by atoms with E-state index in [9.17, 15) is 4.79 Å². The number of aromatic amines is 1. The minimum absolute atomic E-state index is 0.00179. The fraction of sp³-hybridized carbons (Fsp3) is 0.125. The zero-order valence-electron chi connectivity index (χ0n) is 11.9. The van der Waals surface area contributed by atoms with Crippen molar-refractivity contribution in [2.24, 2.45) is 0 Å². The summed E-state index contributed by atoms with van der Waals surface area (Å²) in [4.78, 5) is 10.6. The molecule has 0 aliphatic heterocycles. The van der Waals surface area contributed by atoms with Gasteiger partial charge in [-0.05, 0) is 35.0 Å². The van der Waals surface area contributed by atoms with E-state index < -0.39 is 5.97 Å². The number of thioether (sulfide) groups is 1. The van der Waals surface area contributed by atoms with Crippen LogP contribution in [0.4, 0.5) is 0 Å². The number of methoxy groups -OCH3 is 1. The molecule has 0 spiro atoms. The van der Waals surface area contributed by atoms with Gasteiger partial charge in [0.15, 0.2) is 0 Å². The molecule has 0 amide bonds. The predicted molar refractivity (Wildman–Crippen MR) is 86.4 cm³/mol. The van der Waals surface area contributed by atoms with E-state index >= 15 is 0 Å². The highest BCUT2D eigenvalue weighted by Crippen LogP contribution is 2.28. The van der Waals surface area contributed by atoms with Crippen molar-refractivity contribution in [1.29, 1.82) is 0 Å². The zero-order chi connectivity index (χ0) is 15.5. The lowest BCUT2D eigenvalue weighted by Gasteiger charge is -2.04. The van der Waals surface area contributed by atoms with Crippen LogP contribution in [-0.4, -0.2) is 34.1 Å². The number of fused-ring (bicyclic) bond motifs is 1. The van der Waals surface area contributed by atoms with Crippen LogP contribution in [0, 0.1) is 0 Å². The molecular weight excluding hydrogens is 300 g/mol. The molecule has 0 bridgehead atoms. The molecule has 22 heavy (non-hydrogen) atoms.